The van der Waals surface area contributed by atoms with Crippen LogP contribution in [0.5, 0.6) is 0 Å². The lowest BCUT2D eigenvalue weighted by atomic mass is 10.1. The van der Waals surface area contributed by atoms with Crippen molar-refractivity contribution >= 4 is 11.0 Å². The van der Waals surface area contributed by atoms with Gasteiger partial charge in [0.1, 0.15) is 11.3 Å². The highest BCUT2D eigenvalue weighted by molar-refractivity contribution is 5.82. The van der Waals surface area contributed by atoms with Gasteiger partial charge in [0.15, 0.2) is 0 Å². The number of rotatable bonds is 9. The average Bonchev–Trinajstić information content (AvgIpc) is 2.87. The van der Waals surface area contributed by atoms with E-state index in [9.17, 15) is 0 Å². The van der Waals surface area contributed by atoms with E-state index in [0.29, 0.717) is 0 Å². The number of furan rings is 1. The van der Waals surface area contributed by atoms with E-state index in [1.807, 2.05) is 6.07 Å². The lowest BCUT2D eigenvalue weighted by Gasteiger charge is -2.14. The molecule has 0 spiro atoms. The fraction of sp³-hybridized carbons (Fsp3) is 0.556. The molecule has 0 aliphatic heterocycles. The van der Waals surface area contributed by atoms with Gasteiger partial charge in [0.2, 0.25) is 0 Å². The van der Waals surface area contributed by atoms with Gasteiger partial charge in [0, 0.05) is 37.0 Å². The van der Waals surface area contributed by atoms with Crippen LogP contribution in [0.1, 0.15) is 38.0 Å². The van der Waals surface area contributed by atoms with Gasteiger partial charge in [0.25, 0.3) is 0 Å². The van der Waals surface area contributed by atoms with Crippen LogP contribution in [0.4, 0.5) is 0 Å². The highest BCUT2D eigenvalue weighted by Gasteiger charge is 2.12. The third kappa shape index (κ3) is 4.32. The lowest BCUT2D eigenvalue weighted by Crippen LogP contribution is -2.28. The van der Waals surface area contributed by atoms with Crippen LogP contribution in [-0.4, -0.2) is 31.6 Å². The SMILES string of the molecule is CCCCc1oc2ccccc2c1CNCCN(C)CC. The Hall–Kier alpha value is -1.32. The number of benzene rings is 1. The van der Waals surface area contributed by atoms with Crippen LogP contribution in [0.2, 0.25) is 0 Å². The molecule has 3 heteroatoms. The van der Waals surface area contributed by atoms with Crippen LogP contribution >= 0.6 is 0 Å². The molecule has 0 radical (unpaired) electrons. The summed E-state index contributed by atoms with van der Waals surface area (Å²) in [6.07, 6.45) is 3.42. The van der Waals surface area contributed by atoms with Crippen molar-refractivity contribution in [2.75, 3.05) is 26.7 Å². The van der Waals surface area contributed by atoms with E-state index in [-0.39, 0.29) is 0 Å². The quantitative estimate of drug-likeness (QED) is 0.711. The maximum atomic E-state index is 6.05. The molecule has 1 aromatic carbocycles. The fourth-order valence-corrected chi connectivity index (χ4v) is 2.52. The molecule has 3 nitrogen and oxygen atoms in total. The third-order valence-corrected chi connectivity index (χ3v) is 4.05. The smallest absolute Gasteiger partial charge is 0.134 e. The number of nitrogens with zero attached hydrogens (tertiary/aromatic N) is 1. The summed E-state index contributed by atoms with van der Waals surface area (Å²) in [5.74, 6) is 1.16. The first-order valence-corrected chi connectivity index (χ1v) is 8.14. The van der Waals surface area contributed by atoms with Gasteiger partial charge in [-0.15, -0.1) is 0 Å². The molecule has 1 N–H and O–H groups in total. The molecule has 21 heavy (non-hydrogen) atoms. The summed E-state index contributed by atoms with van der Waals surface area (Å²) in [5.41, 5.74) is 2.37. The van der Waals surface area contributed by atoms with Crippen LogP contribution in [0.15, 0.2) is 28.7 Å². The minimum absolute atomic E-state index is 0.896. The second kappa shape index (κ2) is 8.20. The van der Waals surface area contributed by atoms with E-state index in [1.54, 1.807) is 0 Å². The van der Waals surface area contributed by atoms with Crippen LogP contribution < -0.4 is 5.32 Å². The Bertz CT molecular complexity index is 547. The second-order valence-corrected chi connectivity index (χ2v) is 5.68. The topological polar surface area (TPSA) is 28.4 Å². The van der Waals surface area contributed by atoms with Crippen LogP contribution in [0.3, 0.4) is 0 Å². The molecule has 0 unspecified atom stereocenters. The van der Waals surface area contributed by atoms with Crippen molar-refractivity contribution in [1.29, 1.82) is 0 Å². The molecule has 0 bridgehead atoms. The Morgan fingerprint density at radius 2 is 2.00 bits per heavy atom. The molecule has 0 saturated carbocycles. The Morgan fingerprint density at radius 1 is 1.19 bits per heavy atom. The van der Waals surface area contributed by atoms with Crippen molar-refractivity contribution in [1.82, 2.24) is 10.2 Å². The van der Waals surface area contributed by atoms with Gasteiger partial charge in [-0.1, -0.05) is 38.5 Å². The Morgan fingerprint density at radius 3 is 2.76 bits per heavy atom. The molecule has 0 aliphatic rings. The van der Waals surface area contributed by atoms with Crippen molar-refractivity contribution < 1.29 is 4.42 Å². The summed E-state index contributed by atoms with van der Waals surface area (Å²) >= 11 is 0. The number of hydrogen-bond acceptors (Lipinski definition) is 3. The lowest BCUT2D eigenvalue weighted by molar-refractivity contribution is 0.348. The van der Waals surface area contributed by atoms with E-state index in [4.69, 9.17) is 4.42 Å². The average molecular weight is 288 g/mol. The standard InChI is InChI=1S/C18H28N2O/c1-4-6-10-18-16(14-19-12-13-20(3)5-2)15-9-7-8-11-17(15)21-18/h7-9,11,19H,4-6,10,12-14H2,1-3H3. The normalized spacial score (nSPS) is 11.6. The molecular weight excluding hydrogens is 260 g/mol. The van der Waals surface area contributed by atoms with Gasteiger partial charge in [-0.2, -0.15) is 0 Å². The van der Waals surface area contributed by atoms with E-state index >= 15 is 0 Å². The van der Waals surface area contributed by atoms with Crippen molar-refractivity contribution in [3.63, 3.8) is 0 Å². The molecule has 2 aromatic rings. The number of hydrogen-bond donors (Lipinski definition) is 1. The molecule has 2 rings (SSSR count). The summed E-state index contributed by atoms with van der Waals surface area (Å²) in [6.45, 7) is 8.49. The molecule has 0 amide bonds. The number of para-hydroxylation sites is 1. The number of aryl methyl sites for hydroxylation is 1. The molecule has 0 aliphatic carbocycles. The van der Waals surface area contributed by atoms with Crippen molar-refractivity contribution in [3.05, 3.63) is 35.6 Å². The van der Waals surface area contributed by atoms with E-state index in [1.165, 1.54) is 23.8 Å². The van der Waals surface area contributed by atoms with Crippen LogP contribution in [0.25, 0.3) is 11.0 Å². The summed E-state index contributed by atoms with van der Waals surface area (Å²) in [7, 11) is 2.15. The van der Waals surface area contributed by atoms with E-state index in [2.05, 4.69) is 49.3 Å². The predicted molar refractivity (Wildman–Crippen MR) is 89.7 cm³/mol. The fourth-order valence-electron chi connectivity index (χ4n) is 2.52. The van der Waals surface area contributed by atoms with Crippen LogP contribution in [-0.2, 0) is 13.0 Å². The van der Waals surface area contributed by atoms with Crippen molar-refractivity contribution in [3.8, 4) is 0 Å². The maximum absolute atomic E-state index is 6.05. The summed E-state index contributed by atoms with van der Waals surface area (Å²) in [4.78, 5) is 2.32. The first-order chi connectivity index (χ1) is 10.3. The van der Waals surface area contributed by atoms with E-state index < -0.39 is 0 Å². The van der Waals surface area contributed by atoms with Gasteiger partial charge in [-0.05, 0) is 26.1 Å². The monoisotopic (exact) mass is 288 g/mol. The number of fused-ring (bicyclic) bond motifs is 1. The summed E-state index contributed by atoms with van der Waals surface area (Å²) in [5, 5.41) is 4.82. The molecule has 116 valence electrons. The zero-order valence-electron chi connectivity index (χ0n) is 13.6. The first kappa shape index (κ1) is 16.1. The Labute approximate surface area is 128 Å². The van der Waals surface area contributed by atoms with Gasteiger partial charge in [0.05, 0.1) is 0 Å². The van der Waals surface area contributed by atoms with E-state index in [0.717, 1.165) is 43.9 Å². The predicted octanol–water partition coefficient (Wildman–Crippen LogP) is 3.82. The Kier molecular flexibility index (Phi) is 6.27. The molecule has 1 heterocycles. The van der Waals surface area contributed by atoms with Gasteiger partial charge < -0.3 is 14.6 Å². The number of nitrogens with one attached hydrogen (secondary N) is 1. The molecule has 0 atom stereocenters. The zero-order valence-corrected chi connectivity index (χ0v) is 13.6. The molecular formula is C18H28N2O. The van der Waals surface area contributed by atoms with Crippen LogP contribution in [0, 0.1) is 0 Å². The highest BCUT2D eigenvalue weighted by Crippen LogP contribution is 2.27. The zero-order chi connectivity index (χ0) is 15.1. The third-order valence-electron chi connectivity index (χ3n) is 4.05. The molecule has 0 fully saturated rings. The summed E-state index contributed by atoms with van der Waals surface area (Å²) < 4.78 is 6.05. The molecule has 0 saturated heterocycles. The first-order valence-electron chi connectivity index (χ1n) is 8.14. The number of likely N-dealkylation sites (N-methyl/N-ethyl adjacent to an activating group) is 1. The largest absolute Gasteiger partial charge is 0.461 e. The molecule has 1 aromatic heterocycles. The number of unbranched alkanes of at least 4 members (excludes halogenated alkanes) is 1. The van der Waals surface area contributed by atoms with Gasteiger partial charge >= 0.3 is 0 Å². The van der Waals surface area contributed by atoms with Crippen molar-refractivity contribution in [2.24, 2.45) is 0 Å². The Balaban J connectivity index is 2.05. The maximum Gasteiger partial charge on any atom is 0.134 e. The van der Waals surface area contributed by atoms with Gasteiger partial charge in [-0.25, -0.2) is 0 Å². The minimum Gasteiger partial charge on any atom is -0.461 e. The minimum atomic E-state index is 0.896. The highest BCUT2D eigenvalue weighted by atomic mass is 16.3. The summed E-state index contributed by atoms with van der Waals surface area (Å²) in [6, 6.07) is 8.38. The van der Waals surface area contributed by atoms with Crippen molar-refractivity contribution in [2.45, 2.75) is 39.7 Å². The second-order valence-electron chi connectivity index (χ2n) is 5.68. The van der Waals surface area contributed by atoms with Gasteiger partial charge in [-0.3, -0.25) is 0 Å².